The molecule has 0 atom stereocenters. The summed E-state index contributed by atoms with van der Waals surface area (Å²) in [6.45, 7) is 0. The average Bonchev–Trinajstić information content (AvgIpc) is 3.97. The first-order valence-corrected chi connectivity index (χ1v) is 23.8. The molecule has 0 bridgehead atoms. The number of benzene rings is 4. The summed E-state index contributed by atoms with van der Waals surface area (Å²) in [5, 5.41) is 25.9. The van der Waals surface area contributed by atoms with Crippen molar-refractivity contribution in [2.24, 2.45) is 0 Å². The molecule has 368 valence electrons. The van der Waals surface area contributed by atoms with Crippen LogP contribution in [0.25, 0.3) is 33.1 Å². The van der Waals surface area contributed by atoms with Crippen LogP contribution < -0.4 is 52.8 Å². The van der Waals surface area contributed by atoms with Gasteiger partial charge < -0.3 is 57.0 Å². The molecule has 0 unspecified atom stereocenters. The molecule has 0 aliphatic heterocycles. The smallest absolute Gasteiger partial charge is 0.488 e. The minimum Gasteiger partial charge on any atom is -0.496 e. The van der Waals surface area contributed by atoms with Gasteiger partial charge in [0, 0.05) is 29.0 Å². The quantitative estimate of drug-likeness (QED) is 0.0818. The van der Waals surface area contributed by atoms with Crippen LogP contribution in [0, 0.1) is 0 Å². The van der Waals surface area contributed by atoms with Gasteiger partial charge in [0.15, 0.2) is 32.6 Å². The van der Waals surface area contributed by atoms with Gasteiger partial charge in [-0.15, -0.1) is 0 Å². The number of fused-ring (bicyclic) bond motifs is 2. The van der Waals surface area contributed by atoms with Crippen molar-refractivity contribution in [3.8, 4) is 57.4 Å². The van der Waals surface area contributed by atoms with Crippen LogP contribution in [0.15, 0.2) is 121 Å². The Hall–Kier alpha value is -7.52. The van der Waals surface area contributed by atoms with Crippen LogP contribution in [-0.2, 0) is 20.0 Å². The second-order valence-corrected chi connectivity index (χ2v) is 18.0. The average molecular weight is 1070 g/mol. The summed E-state index contributed by atoms with van der Waals surface area (Å²) >= 11 is 3.33. The highest BCUT2D eigenvalue weighted by Gasteiger charge is 2.30. The van der Waals surface area contributed by atoms with E-state index in [9.17, 15) is 16.8 Å². The van der Waals surface area contributed by atoms with Crippen LogP contribution in [0.2, 0.25) is 0 Å². The van der Waals surface area contributed by atoms with Crippen LogP contribution >= 0.6 is 15.9 Å². The van der Waals surface area contributed by atoms with Crippen molar-refractivity contribution >= 4 is 82.1 Å². The number of aromatic nitrogens is 4. The molecule has 4 N–H and O–H groups in total. The third kappa shape index (κ3) is 11.5. The largest absolute Gasteiger partial charge is 0.496 e. The highest BCUT2D eigenvalue weighted by atomic mass is 79.9. The van der Waals surface area contributed by atoms with E-state index in [1.807, 2.05) is 0 Å². The van der Waals surface area contributed by atoms with E-state index < -0.39 is 27.2 Å². The van der Waals surface area contributed by atoms with Crippen molar-refractivity contribution in [3.05, 3.63) is 102 Å². The lowest BCUT2D eigenvalue weighted by Gasteiger charge is -2.14. The first kappa shape index (κ1) is 51.9. The molecule has 0 spiro atoms. The molecular formula is C44H44BBrN6O16S2. The van der Waals surface area contributed by atoms with Crippen LogP contribution in [0.4, 0.5) is 11.6 Å². The van der Waals surface area contributed by atoms with Crippen molar-refractivity contribution in [2.45, 2.75) is 9.79 Å². The lowest BCUT2D eigenvalue weighted by molar-refractivity contribution is 0.373. The van der Waals surface area contributed by atoms with Crippen LogP contribution in [0.5, 0.6) is 46.3 Å². The Bertz CT molecular complexity index is 3300. The van der Waals surface area contributed by atoms with E-state index in [0.717, 1.165) is 11.1 Å². The zero-order valence-corrected chi connectivity index (χ0v) is 41.6. The van der Waals surface area contributed by atoms with E-state index in [1.165, 1.54) is 99.5 Å². The summed E-state index contributed by atoms with van der Waals surface area (Å²) in [4.78, 5) is 7.60. The van der Waals surface area contributed by atoms with E-state index in [0.29, 0.717) is 55.1 Å². The third-order valence-corrected chi connectivity index (χ3v) is 13.1. The van der Waals surface area contributed by atoms with Crippen LogP contribution in [0.1, 0.15) is 0 Å². The molecule has 4 aromatic carbocycles. The predicted octanol–water partition coefficient (Wildman–Crippen LogP) is 5.91. The maximum Gasteiger partial charge on any atom is 0.488 e. The number of nitrogens with one attached hydrogen (secondary N) is 2. The number of anilines is 2. The minimum atomic E-state index is -4.16. The van der Waals surface area contributed by atoms with E-state index in [1.54, 1.807) is 54.7 Å². The van der Waals surface area contributed by atoms with Gasteiger partial charge in [-0.3, -0.25) is 9.44 Å². The van der Waals surface area contributed by atoms with Gasteiger partial charge in [-0.25, -0.2) is 26.8 Å². The monoisotopic (exact) mass is 1070 g/mol. The van der Waals surface area contributed by atoms with Gasteiger partial charge in [0.25, 0.3) is 20.0 Å². The van der Waals surface area contributed by atoms with Gasteiger partial charge in [0.2, 0.25) is 11.8 Å². The highest BCUT2D eigenvalue weighted by molar-refractivity contribution is 9.10. The molecule has 70 heavy (non-hydrogen) atoms. The molecule has 0 saturated carbocycles. The zero-order chi connectivity index (χ0) is 50.8. The number of nitrogens with zero attached hydrogens (tertiary/aromatic N) is 4. The number of halogens is 1. The van der Waals surface area contributed by atoms with Gasteiger partial charge in [-0.1, -0.05) is 38.4 Å². The van der Waals surface area contributed by atoms with E-state index in [2.05, 4.69) is 45.7 Å². The first-order valence-electron chi connectivity index (χ1n) is 20.0. The molecular weight excluding hydrogens is 1020 g/mol. The van der Waals surface area contributed by atoms with Crippen molar-refractivity contribution in [1.29, 1.82) is 0 Å². The Balaban J connectivity index is 0.000000192. The summed E-state index contributed by atoms with van der Waals surface area (Å²) < 4.78 is 110. The van der Waals surface area contributed by atoms with Crippen molar-refractivity contribution < 1.29 is 73.8 Å². The molecule has 0 saturated heterocycles. The van der Waals surface area contributed by atoms with Gasteiger partial charge in [0.05, 0.1) is 56.9 Å². The molecule has 26 heteroatoms. The maximum atomic E-state index is 13.2. The zero-order valence-electron chi connectivity index (χ0n) is 38.4. The second kappa shape index (κ2) is 22.7. The molecule has 0 radical (unpaired) electrons. The lowest BCUT2D eigenvalue weighted by Crippen LogP contribution is -2.29. The predicted molar refractivity (Wildman–Crippen MR) is 260 cm³/mol. The van der Waals surface area contributed by atoms with Crippen molar-refractivity contribution in [1.82, 2.24) is 20.3 Å². The topological polar surface area (TPSA) is 284 Å². The number of ether oxygens (including phenoxy) is 8. The Labute approximate surface area is 409 Å². The molecule has 0 aliphatic rings. The summed E-state index contributed by atoms with van der Waals surface area (Å²) in [6.07, 6.45) is 3.07. The van der Waals surface area contributed by atoms with E-state index >= 15 is 0 Å². The summed E-state index contributed by atoms with van der Waals surface area (Å²) in [5.41, 5.74) is 2.61. The Morgan fingerprint density at radius 1 is 0.514 bits per heavy atom. The molecule has 0 aliphatic carbocycles. The molecule has 4 heterocycles. The van der Waals surface area contributed by atoms with E-state index in [-0.39, 0.29) is 44.4 Å². The number of pyridine rings is 2. The standard InChI is InChI=1S/C22H21N3O7S.C16H15BrN2O6S.C6H8BNO3/c1-28-15-6-5-7-16(29-2)21(15)33(26,27)25-22-20-17(30-3)10-14(11-18(20)32-24-22)13-8-9-23-19(12-13)31-4;1-22-10-5-4-6-11(23-2)15(10)26(20,21)19-16-14-12(24-3)7-9(17)8-13(14)25-18-16;1-11-6-4-5(7(9)10)2-3-8-6/h5-12H,1-4H3,(H,24,25);4-8H,1-3H3,(H,18,19);2-4,9-10H,1H3. The SMILES string of the molecule is COc1cc(-c2cc(OC)c3c(NS(=O)(=O)c4c(OC)cccc4OC)noc3c2)ccn1.COc1cc(B(O)O)ccn1.COc1cccc(OC)c1S(=O)(=O)Nc1noc2cc(Br)cc(OC)c12. The summed E-state index contributed by atoms with van der Waals surface area (Å²) in [5.74, 6) is 2.07. The molecule has 4 aromatic heterocycles. The first-order chi connectivity index (χ1) is 33.6. The van der Waals surface area contributed by atoms with Gasteiger partial charge >= 0.3 is 7.12 Å². The fraction of sp³-hybridized carbons (Fsp3) is 0.182. The number of rotatable bonds is 16. The summed E-state index contributed by atoms with van der Waals surface area (Å²) in [6, 6.07) is 22.7. The molecule has 8 rings (SSSR count). The van der Waals surface area contributed by atoms with Gasteiger partial charge in [-0.2, -0.15) is 0 Å². The third-order valence-electron chi connectivity index (χ3n) is 9.79. The van der Waals surface area contributed by atoms with Crippen molar-refractivity contribution in [3.63, 3.8) is 0 Å². The fourth-order valence-electron chi connectivity index (χ4n) is 6.59. The Morgan fingerprint density at radius 2 is 0.943 bits per heavy atom. The number of methoxy groups -OCH3 is 8. The van der Waals surface area contributed by atoms with Crippen molar-refractivity contribution in [2.75, 3.05) is 66.3 Å². The molecule has 8 aromatic rings. The summed E-state index contributed by atoms with van der Waals surface area (Å²) in [7, 11) is 1.72. The normalized spacial score (nSPS) is 11.0. The van der Waals surface area contributed by atoms with Crippen LogP contribution in [0.3, 0.4) is 0 Å². The highest BCUT2D eigenvalue weighted by Crippen LogP contribution is 2.41. The molecule has 22 nitrogen and oxygen atoms in total. The maximum absolute atomic E-state index is 13.2. The molecule has 0 amide bonds. The minimum absolute atomic E-state index is 0.00249. The van der Waals surface area contributed by atoms with E-state index in [4.69, 9.17) is 57.0 Å². The van der Waals surface area contributed by atoms with Gasteiger partial charge in [-0.05, 0) is 77.3 Å². The Morgan fingerprint density at radius 3 is 1.39 bits per heavy atom. The number of sulfonamides is 2. The second-order valence-electron chi connectivity index (χ2n) is 13.9. The van der Waals surface area contributed by atoms with Gasteiger partial charge in [0.1, 0.15) is 45.3 Å². The number of hydrogen-bond acceptors (Lipinski definition) is 20. The molecule has 0 fully saturated rings. The fourth-order valence-corrected chi connectivity index (χ4v) is 9.66. The van der Waals surface area contributed by atoms with Crippen LogP contribution in [-0.4, -0.2) is 111 Å². The Kier molecular flexibility index (Phi) is 16.8. The lowest BCUT2D eigenvalue weighted by atomic mass is 9.81. The number of hydrogen-bond donors (Lipinski definition) is 4.